The Morgan fingerprint density at radius 1 is 1.11 bits per heavy atom. The number of pyridine rings is 1. The van der Waals surface area contributed by atoms with Crippen LogP contribution in [0.15, 0.2) is 36.4 Å². The second-order valence-electron chi connectivity index (χ2n) is 10.6. The molecule has 0 bridgehead atoms. The summed E-state index contributed by atoms with van der Waals surface area (Å²) in [5.74, 6) is -0.476. The molecule has 9 heteroatoms. The Bertz CT molecular complexity index is 1180. The molecule has 188 valence electrons. The van der Waals surface area contributed by atoms with E-state index in [-0.39, 0.29) is 48.0 Å². The van der Waals surface area contributed by atoms with Gasteiger partial charge >= 0.3 is 0 Å². The summed E-state index contributed by atoms with van der Waals surface area (Å²) in [6, 6.07) is 11.6. The zero-order valence-electron chi connectivity index (χ0n) is 20.2. The van der Waals surface area contributed by atoms with E-state index in [0.717, 1.165) is 42.5 Å². The summed E-state index contributed by atoms with van der Waals surface area (Å²) in [6.07, 6.45) is 3.88. The van der Waals surface area contributed by atoms with Crippen LogP contribution in [-0.4, -0.2) is 64.3 Å². The van der Waals surface area contributed by atoms with Gasteiger partial charge < -0.3 is 15.2 Å². The number of fused-ring (bicyclic) bond motifs is 1. The van der Waals surface area contributed by atoms with E-state index in [1.165, 1.54) is 4.90 Å². The van der Waals surface area contributed by atoms with E-state index in [1.54, 1.807) is 6.07 Å². The van der Waals surface area contributed by atoms with E-state index >= 15 is 0 Å². The molecule has 1 aromatic carbocycles. The lowest BCUT2D eigenvalue weighted by molar-refractivity contribution is -0.168. The first kappa shape index (κ1) is 23.1. The Kier molecular flexibility index (Phi) is 5.76. The molecule has 3 heterocycles. The van der Waals surface area contributed by atoms with Crippen molar-refractivity contribution in [3.63, 3.8) is 0 Å². The van der Waals surface area contributed by atoms with Gasteiger partial charge in [0.25, 0.3) is 5.91 Å². The Labute approximate surface area is 209 Å². The van der Waals surface area contributed by atoms with Gasteiger partial charge in [0.15, 0.2) is 0 Å². The molecule has 0 unspecified atom stereocenters. The number of benzene rings is 1. The van der Waals surface area contributed by atoms with Crippen LogP contribution in [0.5, 0.6) is 5.88 Å². The van der Waals surface area contributed by atoms with Gasteiger partial charge in [0.1, 0.15) is 11.7 Å². The first-order valence-electron chi connectivity index (χ1n) is 12.6. The van der Waals surface area contributed by atoms with Crippen molar-refractivity contribution in [2.75, 3.05) is 19.7 Å². The summed E-state index contributed by atoms with van der Waals surface area (Å²) in [5, 5.41) is 0. The topological polar surface area (TPSA) is 115 Å². The number of primary amides is 1. The van der Waals surface area contributed by atoms with Crippen LogP contribution in [0.4, 0.5) is 0 Å². The summed E-state index contributed by atoms with van der Waals surface area (Å²) >= 11 is 0. The number of carbonyl (C=O) groups is 3. The van der Waals surface area contributed by atoms with Crippen molar-refractivity contribution in [1.29, 1.82) is 0 Å². The average molecular weight is 491 g/mol. The van der Waals surface area contributed by atoms with Gasteiger partial charge in [0.2, 0.25) is 17.7 Å². The maximum atomic E-state index is 12.9. The molecule has 0 radical (unpaired) electrons. The number of aromatic nitrogens is 1. The minimum atomic E-state index is -0.563. The van der Waals surface area contributed by atoms with Crippen LogP contribution in [0.3, 0.4) is 0 Å². The van der Waals surface area contributed by atoms with Gasteiger partial charge in [0, 0.05) is 24.6 Å². The van der Waals surface area contributed by atoms with E-state index in [4.69, 9.17) is 15.2 Å². The second-order valence-corrected chi connectivity index (χ2v) is 10.6. The lowest BCUT2D eigenvalue weighted by atomic mass is 9.52. The number of hydrogen-bond donors (Lipinski definition) is 1. The van der Waals surface area contributed by atoms with Crippen LogP contribution in [-0.2, 0) is 33.9 Å². The zero-order valence-corrected chi connectivity index (χ0v) is 20.2. The van der Waals surface area contributed by atoms with Gasteiger partial charge in [0.05, 0.1) is 32.0 Å². The first-order valence-corrected chi connectivity index (χ1v) is 12.6. The molecule has 4 aliphatic rings. The highest BCUT2D eigenvalue weighted by Crippen LogP contribution is 2.58. The lowest BCUT2D eigenvalue weighted by Crippen LogP contribution is -2.65. The highest BCUT2D eigenvalue weighted by molar-refractivity contribution is 6.00. The Balaban J connectivity index is 1.03. The van der Waals surface area contributed by atoms with Crippen molar-refractivity contribution in [2.45, 2.75) is 57.4 Å². The van der Waals surface area contributed by atoms with E-state index in [0.29, 0.717) is 32.1 Å². The van der Waals surface area contributed by atoms with Gasteiger partial charge in [-0.25, -0.2) is 4.98 Å². The summed E-state index contributed by atoms with van der Waals surface area (Å²) in [6.45, 7) is 2.15. The monoisotopic (exact) mass is 490 g/mol. The Morgan fingerprint density at radius 3 is 2.53 bits per heavy atom. The molecule has 3 amide bonds. The van der Waals surface area contributed by atoms with Crippen molar-refractivity contribution in [3.8, 4) is 5.88 Å². The molecular weight excluding hydrogens is 460 g/mol. The van der Waals surface area contributed by atoms with Crippen molar-refractivity contribution in [3.05, 3.63) is 58.8 Å². The number of imide groups is 1. The fourth-order valence-electron chi connectivity index (χ4n) is 6.23. The van der Waals surface area contributed by atoms with Crippen LogP contribution in [0.2, 0.25) is 0 Å². The maximum absolute atomic E-state index is 12.9. The number of rotatable bonds is 6. The third-order valence-corrected chi connectivity index (χ3v) is 7.97. The van der Waals surface area contributed by atoms with Crippen molar-refractivity contribution >= 4 is 17.7 Å². The summed E-state index contributed by atoms with van der Waals surface area (Å²) in [4.78, 5) is 45.7. The average Bonchev–Trinajstić information content (AvgIpc) is 2.80. The van der Waals surface area contributed by atoms with E-state index in [9.17, 15) is 14.4 Å². The number of amides is 3. The second kappa shape index (κ2) is 8.97. The summed E-state index contributed by atoms with van der Waals surface area (Å²) in [5.41, 5.74) is 8.82. The number of nitrogens with two attached hydrogens (primary N) is 1. The molecule has 0 atom stereocenters. The fourth-order valence-corrected chi connectivity index (χ4v) is 6.23. The predicted molar refractivity (Wildman–Crippen MR) is 129 cm³/mol. The van der Waals surface area contributed by atoms with Crippen molar-refractivity contribution < 1.29 is 23.9 Å². The number of ether oxygens (including phenoxy) is 2. The fraction of sp³-hybridized carbons (Fsp3) is 0.481. The molecule has 2 saturated carbocycles. The molecule has 9 nitrogen and oxygen atoms in total. The maximum Gasteiger partial charge on any atom is 0.254 e. The highest BCUT2D eigenvalue weighted by Gasteiger charge is 2.57. The molecule has 6 rings (SSSR count). The number of nitrogens with zero attached hydrogens (tertiary/aromatic N) is 3. The van der Waals surface area contributed by atoms with Gasteiger partial charge in [-0.3, -0.25) is 24.2 Å². The molecule has 3 fully saturated rings. The number of carbonyl (C=O) groups excluding carboxylic acids is 3. The molecule has 1 aromatic heterocycles. The van der Waals surface area contributed by atoms with Crippen LogP contribution in [0, 0.1) is 5.41 Å². The molecule has 36 heavy (non-hydrogen) atoms. The SMILES string of the molecule is NC(=O)c1cc2c(nc1O[C@H]1CC3(C1)C[C@H](N1C(=O)CN(Cc4ccccc4)CC1=O)C3)CCOC2. The van der Waals surface area contributed by atoms with E-state index in [2.05, 4.69) is 4.98 Å². The first-order chi connectivity index (χ1) is 17.4. The van der Waals surface area contributed by atoms with Gasteiger partial charge in [-0.15, -0.1) is 0 Å². The van der Waals surface area contributed by atoms with Crippen LogP contribution >= 0.6 is 0 Å². The van der Waals surface area contributed by atoms with Crippen molar-refractivity contribution in [1.82, 2.24) is 14.8 Å². The van der Waals surface area contributed by atoms with Crippen LogP contribution < -0.4 is 10.5 Å². The van der Waals surface area contributed by atoms with Crippen molar-refractivity contribution in [2.24, 2.45) is 11.1 Å². The normalized spacial score (nSPS) is 27.8. The van der Waals surface area contributed by atoms with Gasteiger partial charge in [-0.2, -0.15) is 0 Å². The molecule has 2 N–H and O–H groups in total. The van der Waals surface area contributed by atoms with E-state index in [1.807, 2.05) is 35.2 Å². The summed E-state index contributed by atoms with van der Waals surface area (Å²) < 4.78 is 11.6. The summed E-state index contributed by atoms with van der Waals surface area (Å²) in [7, 11) is 0. The Morgan fingerprint density at radius 2 is 1.83 bits per heavy atom. The predicted octanol–water partition coefficient (Wildman–Crippen LogP) is 1.81. The molecule has 2 aliphatic heterocycles. The van der Waals surface area contributed by atoms with Gasteiger partial charge in [-0.1, -0.05) is 30.3 Å². The molecule has 2 aliphatic carbocycles. The lowest BCUT2D eigenvalue weighted by Gasteiger charge is -2.59. The van der Waals surface area contributed by atoms with Crippen LogP contribution in [0.25, 0.3) is 0 Å². The van der Waals surface area contributed by atoms with E-state index < -0.39 is 5.91 Å². The standard InChI is InChI=1S/C27H30N4O5/c28-25(34)21-8-18-16-35-7-6-22(18)29-26(21)36-20-11-27(12-20)9-19(10-27)31-23(32)14-30(15-24(31)33)13-17-4-2-1-3-5-17/h1-5,8,19-20H,6-7,9-16H2,(H2,28,34)/t19-,20-,27?. The minimum absolute atomic E-state index is 0.0344. The minimum Gasteiger partial charge on any atom is -0.474 e. The molecule has 2 aromatic rings. The highest BCUT2D eigenvalue weighted by atomic mass is 16.5. The number of hydrogen-bond acceptors (Lipinski definition) is 7. The molecule has 1 spiro atoms. The molecule has 1 saturated heterocycles. The number of piperazine rings is 1. The Hall–Kier alpha value is -3.30. The van der Waals surface area contributed by atoms with Crippen LogP contribution in [0.1, 0.15) is 52.9 Å². The quantitative estimate of drug-likeness (QED) is 0.614. The smallest absolute Gasteiger partial charge is 0.254 e. The zero-order chi connectivity index (χ0) is 24.9. The van der Waals surface area contributed by atoms with Gasteiger partial charge in [-0.05, 0) is 42.7 Å². The molecular formula is C27H30N4O5. The third-order valence-electron chi connectivity index (χ3n) is 7.97. The third kappa shape index (κ3) is 4.26. The largest absolute Gasteiger partial charge is 0.474 e.